The summed E-state index contributed by atoms with van der Waals surface area (Å²) in [5, 5.41) is 5.46. The largest absolute Gasteiger partial charge is 0.320 e. The van der Waals surface area contributed by atoms with Crippen LogP contribution < -0.4 is 5.73 Å². The zero-order chi connectivity index (χ0) is 13.4. The van der Waals surface area contributed by atoms with E-state index in [4.69, 9.17) is 5.73 Å². The summed E-state index contributed by atoms with van der Waals surface area (Å²) in [6, 6.07) is 9.87. The first-order chi connectivity index (χ1) is 9.16. The van der Waals surface area contributed by atoms with Crippen molar-refractivity contribution in [1.82, 2.24) is 14.8 Å². The molecule has 0 radical (unpaired) electrons. The van der Waals surface area contributed by atoms with E-state index in [0.29, 0.717) is 0 Å². The molecule has 1 atom stereocenters. The molecule has 3 aromatic rings. The van der Waals surface area contributed by atoms with Crippen LogP contribution in [0.2, 0.25) is 0 Å². The first-order valence-corrected chi connectivity index (χ1v) is 6.26. The number of rotatable bonds is 2. The van der Waals surface area contributed by atoms with Gasteiger partial charge in [0.25, 0.3) is 0 Å². The van der Waals surface area contributed by atoms with Gasteiger partial charge in [0.1, 0.15) is 0 Å². The molecule has 0 fully saturated rings. The lowest BCUT2D eigenvalue weighted by Crippen LogP contribution is -2.12. The SMILES string of the molecule is Cc1nn(C)cc1C(N)c1cccc2ncccc12. The highest BCUT2D eigenvalue weighted by molar-refractivity contribution is 5.82. The fourth-order valence-electron chi connectivity index (χ4n) is 2.49. The summed E-state index contributed by atoms with van der Waals surface area (Å²) < 4.78 is 1.80. The Bertz CT molecular complexity index is 725. The first-order valence-electron chi connectivity index (χ1n) is 6.26. The van der Waals surface area contributed by atoms with Crippen molar-refractivity contribution in [2.75, 3.05) is 0 Å². The van der Waals surface area contributed by atoms with Gasteiger partial charge in [-0.2, -0.15) is 5.10 Å². The van der Waals surface area contributed by atoms with Crippen LogP contribution >= 0.6 is 0 Å². The van der Waals surface area contributed by atoms with E-state index >= 15 is 0 Å². The smallest absolute Gasteiger partial charge is 0.0705 e. The molecule has 0 aliphatic heterocycles. The van der Waals surface area contributed by atoms with Crippen molar-refractivity contribution < 1.29 is 0 Å². The highest BCUT2D eigenvalue weighted by Gasteiger charge is 2.16. The molecule has 2 aromatic heterocycles. The van der Waals surface area contributed by atoms with Gasteiger partial charge in [-0.3, -0.25) is 9.67 Å². The van der Waals surface area contributed by atoms with E-state index in [1.807, 2.05) is 38.4 Å². The van der Waals surface area contributed by atoms with Gasteiger partial charge in [-0.15, -0.1) is 0 Å². The predicted molar refractivity (Wildman–Crippen MR) is 75.7 cm³/mol. The van der Waals surface area contributed by atoms with Crippen molar-refractivity contribution in [3.8, 4) is 0 Å². The number of nitrogens with two attached hydrogens (primary N) is 1. The molecule has 4 heteroatoms. The zero-order valence-corrected chi connectivity index (χ0v) is 11.0. The highest BCUT2D eigenvalue weighted by Crippen LogP contribution is 2.27. The Morgan fingerprint density at radius 2 is 2.00 bits per heavy atom. The number of hydrogen-bond donors (Lipinski definition) is 1. The van der Waals surface area contributed by atoms with Crippen molar-refractivity contribution in [3.05, 3.63) is 59.5 Å². The molecule has 0 bridgehead atoms. The Morgan fingerprint density at radius 1 is 1.16 bits per heavy atom. The third-order valence-electron chi connectivity index (χ3n) is 3.40. The second-order valence-corrected chi connectivity index (χ2v) is 4.74. The monoisotopic (exact) mass is 252 g/mol. The first kappa shape index (κ1) is 11.9. The Morgan fingerprint density at radius 3 is 2.74 bits per heavy atom. The number of benzene rings is 1. The Balaban J connectivity index is 2.16. The van der Waals surface area contributed by atoms with E-state index in [9.17, 15) is 0 Å². The van der Waals surface area contributed by atoms with E-state index in [1.54, 1.807) is 10.9 Å². The van der Waals surface area contributed by atoms with Gasteiger partial charge >= 0.3 is 0 Å². The summed E-state index contributed by atoms with van der Waals surface area (Å²) >= 11 is 0. The molecule has 2 heterocycles. The standard InChI is InChI=1S/C15H16N4/c1-10-13(9-19(2)18-10)15(16)12-5-3-7-14-11(12)6-4-8-17-14/h3-9,15H,16H2,1-2H3. The third-order valence-corrected chi connectivity index (χ3v) is 3.40. The van der Waals surface area contributed by atoms with Crippen LogP contribution in [-0.2, 0) is 7.05 Å². The molecule has 3 rings (SSSR count). The van der Waals surface area contributed by atoms with Crippen LogP contribution in [0.1, 0.15) is 22.9 Å². The van der Waals surface area contributed by atoms with Crippen LogP contribution in [0.5, 0.6) is 0 Å². The molecular weight excluding hydrogens is 236 g/mol. The molecular formula is C15H16N4. The Hall–Kier alpha value is -2.20. The molecule has 1 aromatic carbocycles. The summed E-state index contributed by atoms with van der Waals surface area (Å²) in [5.74, 6) is 0. The number of pyridine rings is 1. The van der Waals surface area contributed by atoms with Crippen molar-refractivity contribution in [3.63, 3.8) is 0 Å². The lowest BCUT2D eigenvalue weighted by atomic mass is 9.96. The molecule has 0 amide bonds. The second kappa shape index (κ2) is 4.48. The van der Waals surface area contributed by atoms with Crippen molar-refractivity contribution in [2.24, 2.45) is 12.8 Å². The molecule has 0 spiro atoms. The molecule has 4 nitrogen and oxygen atoms in total. The van der Waals surface area contributed by atoms with Gasteiger partial charge in [0.2, 0.25) is 0 Å². The molecule has 0 saturated heterocycles. The van der Waals surface area contributed by atoms with Gasteiger partial charge in [-0.1, -0.05) is 18.2 Å². The van der Waals surface area contributed by atoms with Gasteiger partial charge < -0.3 is 5.73 Å². The summed E-state index contributed by atoms with van der Waals surface area (Å²) in [4.78, 5) is 4.37. The number of aryl methyl sites for hydroxylation is 2. The maximum atomic E-state index is 6.42. The minimum Gasteiger partial charge on any atom is -0.320 e. The van der Waals surface area contributed by atoms with E-state index in [0.717, 1.165) is 27.7 Å². The average Bonchev–Trinajstić information content (AvgIpc) is 2.76. The molecule has 0 aliphatic carbocycles. The summed E-state index contributed by atoms with van der Waals surface area (Å²) in [5.41, 5.74) is 10.5. The highest BCUT2D eigenvalue weighted by atomic mass is 15.2. The van der Waals surface area contributed by atoms with Gasteiger partial charge in [-0.25, -0.2) is 0 Å². The van der Waals surface area contributed by atoms with E-state index in [2.05, 4.69) is 22.2 Å². The van der Waals surface area contributed by atoms with Crippen molar-refractivity contribution in [2.45, 2.75) is 13.0 Å². The van der Waals surface area contributed by atoms with Gasteiger partial charge in [-0.05, 0) is 24.6 Å². The fourth-order valence-corrected chi connectivity index (χ4v) is 2.49. The fraction of sp³-hybridized carbons (Fsp3) is 0.200. The predicted octanol–water partition coefficient (Wildman–Crippen LogP) is 2.32. The van der Waals surface area contributed by atoms with Gasteiger partial charge in [0.05, 0.1) is 17.3 Å². The van der Waals surface area contributed by atoms with Crippen molar-refractivity contribution in [1.29, 1.82) is 0 Å². The lowest BCUT2D eigenvalue weighted by Gasteiger charge is -2.13. The van der Waals surface area contributed by atoms with Crippen LogP contribution in [0.15, 0.2) is 42.7 Å². The maximum absolute atomic E-state index is 6.42. The molecule has 19 heavy (non-hydrogen) atoms. The minimum absolute atomic E-state index is 0.179. The van der Waals surface area contributed by atoms with E-state index < -0.39 is 0 Å². The van der Waals surface area contributed by atoms with Crippen LogP contribution in [0.3, 0.4) is 0 Å². The van der Waals surface area contributed by atoms with Crippen LogP contribution in [0.4, 0.5) is 0 Å². The molecule has 96 valence electrons. The van der Waals surface area contributed by atoms with Crippen LogP contribution in [0, 0.1) is 6.92 Å². The minimum atomic E-state index is -0.179. The van der Waals surface area contributed by atoms with Crippen LogP contribution in [0.25, 0.3) is 10.9 Å². The maximum Gasteiger partial charge on any atom is 0.0705 e. The molecule has 2 N–H and O–H groups in total. The molecule has 0 aliphatic rings. The topological polar surface area (TPSA) is 56.7 Å². The Kier molecular flexibility index (Phi) is 2.80. The number of aromatic nitrogens is 3. The summed E-state index contributed by atoms with van der Waals surface area (Å²) in [6.07, 6.45) is 3.78. The number of nitrogens with zero attached hydrogens (tertiary/aromatic N) is 3. The molecule has 0 saturated carbocycles. The molecule has 1 unspecified atom stereocenters. The van der Waals surface area contributed by atoms with Gasteiger partial charge in [0.15, 0.2) is 0 Å². The van der Waals surface area contributed by atoms with E-state index in [-0.39, 0.29) is 6.04 Å². The summed E-state index contributed by atoms with van der Waals surface area (Å²) in [6.45, 7) is 1.98. The normalized spacial score (nSPS) is 12.8. The number of hydrogen-bond acceptors (Lipinski definition) is 3. The van der Waals surface area contributed by atoms with Gasteiger partial charge in [0, 0.05) is 30.4 Å². The second-order valence-electron chi connectivity index (χ2n) is 4.74. The summed E-state index contributed by atoms with van der Waals surface area (Å²) in [7, 11) is 1.91. The Labute approximate surface area is 111 Å². The van der Waals surface area contributed by atoms with Crippen molar-refractivity contribution >= 4 is 10.9 Å². The number of fused-ring (bicyclic) bond motifs is 1. The average molecular weight is 252 g/mol. The third kappa shape index (κ3) is 2.00. The lowest BCUT2D eigenvalue weighted by molar-refractivity contribution is 0.756. The van der Waals surface area contributed by atoms with E-state index in [1.165, 1.54) is 0 Å². The van der Waals surface area contributed by atoms with Crippen LogP contribution in [-0.4, -0.2) is 14.8 Å². The zero-order valence-electron chi connectivity index (χ0n) is 11.0. The quantitative estimate of drug-likeness (QED) is 0.761.